The van der Waals surface area contributed by atoms with Gasteiger partial charge < -0.3 is 5.32 Å². The van der Waals surface area contributed by atoms with Crippen molar-refractivity contribution in [2.45, 2.75) is 25.8 Å². The lowest BCUT2D eigenvalue weighted by Crippen LogP contribution is -2.27. The molecule has 1 heteroatoms. The highest BCUT2D eigenvalue weighted by Crippen LogP contribution is 2.18. The third kappa shape index (κ3) is 2.10. The largest absolute Gasteiger partial charge is 0.313 e. The highest BCUT2D eigenvalue weighted by Gasteiger charge is 2.22. The van der Waals surface area contributed by atoms with E-state index in [4.69, 9.17) is 0 Å². The zero-order valence-electron chi connectivity index (χ0n) is 8.16. The fourth-order valence-electron chi connectivity index (χ4n) is 2.04. The van der Waals surface area contributed by atoms with E-state index in [0.29, 0.717) is 6.04 Å². The maximum absolute atomic E-state index is 3.55. The van der Waals surface area contributed by atoms with Crippen molar-refractivity contribution in [3.8, 4) is 0 Å². The molecular formula is C12H17N. The molecule has 2 rings (SSSR count). The summed E-state index contributed by atoms with van der Waals surface area (Å²) in [6, 6.07) is 11.4. The Morgan fingerprint density at radius 1 is 1.31 bits per heavy atom. The van der Waals surface area contributed by atoms with Gasteiger partial charge in [0.1, 0.15) is 0 Å². The molecule has 0 bridgehead atoms. The van der Waals surface area contributed by atoms with Crippen LogP contribution in [0.4, 0.5) is 0 Å². The van der Waals surface area contributed by atoms with Gasteiger partial charge in [-0.05, 0) is 30.9 Å². The van der Waals surface area contributed by atoms with Crippen LogP contribution in [0.25, 0.3) is 0 Å². The molecule has 1 aliphatic heterocycles. The highest BCUT2D eigenvalue weighted by atomic mass is 14.9. The van der Waals surface area contributed by atoms with Crippen LogP contribution in [0, 0.1) is 5.92 Å². The average Bonchev–Trinajstić information content (AvgIpc) is 2.54. The molecule has 13 heavy (non-hydrogen) atoms. The van der Waals surface area contributed by atoms with Crippen LogP contribution in [-0.4, -0.2) is 12.6 Å². The Hall–Kier alpha value is -0.820. The van der Waals surface area contributed by atoms with Gasteiger partial charge in [0.05, 0.1) is 0 Å². The van der Waals surface area contributed by atoms with Crippen LogP contribution < -0.4 is 5.32 Å². The van der Waals surface area contributed by atoms with Crippen molar-refractivity contribution in [2.75, 3.05) is 6.54 Å². The van der Waals surface area contributed by atoms with Crippen LogP contribution in [-0.2, 0) is 6.42 Å². The maximum atomic E-state index is 3.55. The van der Waals surface area contributed by atoms with Crippen LogP contribution in [0.5, 0.6) is 0 Å². The highest BCUT2D eigenvalue weighted by molar-refractivity contribution is 5.16. The van der Waals surface area contributed by atoms with E-state index in [-0.39, 0.29) is 0 Å². The molecule has 1 saturated heterocycles. The van der Waals surface area contributed by atoms with Gasteiger partial charge in [0.15, 0.2) is 0 Å². The third-order valence-electron chi connectivity index (χ3n) is 2.99. The molecule has 1 aliphatic rings. The lowest BCUT2D eigenvalue weighted by atomic mass is 9.97. The van der Waals surface area contributed by atoms with Crippen LogP contribution in [0.1, 0.15) is 18.9 Å². The van der Waals surface area contributed by atoms with Gasteiger partial charge in [-0.2, -0.15) is 0 Å². The van der Waals surface area contributed by atoms with Crippen LogP contribution >= 0.6 is 0 Å². The molecule has 1 nitrogen and oxygen atoms in total. The van der Waals surface area contributed by atoms with E-state index in [1.165, 1.54) is 24.9 Å². The van der Waals surface area contributed by atoms with Gasteiger partial charge in [-0.1, -0.05) is 37.3 Å². The van der Waals surface area contributed by atoms with E-state index in [2.05, 4.69) is 42.6 Å². The Bertz CT molecular complexity index is 255. The van der Waals surface area contributed by atoms with Crippen molar-refractivity contribution in [3.05, 3.63) is 35.9 Å². The van der Waals surface area contributed by atoms with E-state index in [9.17, 15) is 0 Å². The fraction of sp³-hybridized carbons (Fsp3) is 0.500. The topological polar surface area (TPSA) is 12.0 Å². The summed E-state index contributed by atoms with van der Waals surface area (Å²) in [5.41, 5.74) is 1.45. The number of hydrogen-bond donors (Lipinski definition) is 1. The normalized spacial score (nSPS) is 27.8. The van der Waals surface area contributed by atoms with E-state index in [1.54, 1.807) is 0 Å². The second kappa shape index (κ2) is 3.93. The van der Waals surface area contributed by atoms with Crippen molar-refractivity contribution in [2.24, 2.45) is 5.92 Å². The average molecular weight is 175 g/mol. The molecule has 0 spiro atoms. The summed E-state index contributed by atoms with van der Waals surface area (Å²) in [5, 5.41) is 3.55. The fourth-order valence-corrected chi connectivity index (χ4v) is 2.04. The van der Waals surface area contributed by atoms with Crippen LogP contribution in [0.2, 0.25) is 0 Å². The Morgan fingerprint density at radius 3 is 2.69 bits per heavy atom. The van der Waals surface area contributed by atoms with Crippen molar-refractivity contribution in [3.63, 3.8) is 0 Å². The minimum absolute atomic E-state index is 0.697. The summed E-state index contributed by atoms with van der Waals surface area (Å²) in [6.45, 7) is 3.53. The first kappa shape index (κ1) is 8.76. The molecule has 0 saturated carbocycles. The smallest absolute Gasteiger partial charge is 0.0134 e. The first-order chi connectivity index (χ1) is 6.36. The molecule has 1 aromatic rings. The van der Waals surface area contributed by atoms with Gasteiger partial charge >= 0.3 is 0 Å². The lowest BCUT2D eigenvalue weighted by Gasteiger charge is -2.15. The predicted octanol–water partition coefficient (Wildman–Crippen LogP) is 2.23. The Labute approximate surface area is 80.2 Å². The van der Waals surface area contributed by atoms with E-state index < -0.39 is 0 Å². The number of rotatable bonds is 2. The number of nitrogens with one attached hydrogen (secondary N) is 1. The lowest BCUT2D eigenvalue weighted by molar-refractivity contribution is 0.480. The van der Waals surface area contributed by atoms with Gasteiger partial charge in [-0.15, -0.1) is 0 Å². The third-order valence-corrected chi connectivity index (χ3v) is 2.99. The molecule has 0 amide bonds. The molecule has 70 valence electrons. The Balaban J connectivity index is 1.98. The van der Waals surface area contributed by atoms with E-state index in [0.717, 1.165) is 5.92 Å². The minimum atomic E-state index is 0.697. The van der Waals surface area contributed by atoms with Gasteiger partial charge in [-0.3, -0.25) is 0 Å². The van der Waals surface area contributed by atoms with Gasteiger partial charge in [-0.25, -0.2) is 0 Å². The molecule has 1 heterocycles. The van der Waals surface area contributed by atoms with Crippen LogP contribution in [0.3, 0.4) is 0 Å². The molecule has 2 atom stereocenters. The Morgan fingerprint density at radius 2 is 2.08 bits per heavy atom. The number of benzene rings is 1. The monoisotopic (exact) mass is 175 g/mol. The zero-order valence-corrected chi connectivity index (χ0v) is 8.16. The zero-order chi connectivity index (χ0) is 9.10. The molecule has 0 aromatic heterocycles. The summed E-state index contributed by atoms with van der Waals surface area (Å²) in [4.78, 5) is 0. The van der Waals surface area contributed by atoms with Gasteiger partial charge in [0.25, 0.3) is 0 Å². The second-order valence-electron chi connectivity index (χ2n) is 4.02. The van der Waals surface area contributed by atoms with Crippen molar-refractivity contribution in [1.82, 2.24) is 5.32 Å². The molecule has 1 fully saturated rings. The van der Waals surface area contributed by atoms with Crippen molar-refractivity contribution in [1.29, 1.82) is 0 Å². The summed E-state index contributed by atoms with van der Waals surface area (Å²) >= 11 is 0. The van der Waals surface area contributed by atoms with E-state index >= 15 is 0 Å². The van der Waals surface area contributed by atoms with E-state index in [1.807, 2.05) is 0 Å². The summed E-state index contributed by atoms with van der Waals surface area (Å²) < 4.78 is 0. The molecule has 1 aromatic carbocycles. The van der Waals surface area contributed by atoms with Gasteiger partial charge in [0.2, 0.25) is 0 Å². The molecular weight excluding hydrogens is 158 g/mol. The molecule has 0 radical (unpaired) electrons. The predicted molar refractivity (Wildman–Crippen MR) is 55.7 cm³/mol. The molecule has 0 aliphatic carbocycles. The maximum Gasteiger partial charge on any atom is 0.0134 e. The first-order valence-corrected chi connectivity index (χ1v) is 5.13. The van der Waals surface area contributed by atoms with Crippen molar-refractivity contribution < 1.29 is 0 Å². The first-order valence-electron chi connectivity index (χ1n) is 5.13. The van der Waals surface area contributed by atoms with Gasteiger partial charge in [0, 0.05) is 6.04 Å². The quantitative estimate of drug-likeness (QED) is 0.726. The van der Waals surface area contributed by atoms with Crippen LogP contribution in [0.15, 0.2) is 30.3 Å². The number of hydrogen-bond acceptors (Lipinski definition) is 1. The summed E-state index contributed by atoms with van der Waals surface area (Å²) in [7, 11) is 0. The van der Waals surface area contributed by atoms with Crippen molar-refractivity contribution >= 4 is 0 Å². The SMILES string of the molecule is C[C@@H]1CCN[C@@H]1Cc1ccccc1. The summed E-state index contributed by atoms with van der Waals surface area (Å²) in [6.07, 6.45) is 2.51. The molecule has 0 unspecified atom stereocenters. The minimum Gasteiger partial charge on any atom is -0.313 e. The standard InChI is InChI=1S/C12H17N/c1-10-7-8-13-12(10)9-11-5-3-2-4-6-11/h2-6,10,12-13H,7-9H2,1H3/t10-,12-/m1/s1. The Kier molecular flexibility index (Phi) is 2.65. The second-order valence-corrected chi connectivity index (χ2v) is 4.02. The summed E-state index contributed by atoms with van der Waals surface area (Å²) in [5.74, 6) is 0.834. The molecule has 1 N–H and O–H groups in total.